The number of nitrogens with two attached hydrogens (primary N) is 2. The lowest BCUT2D eigenvalue weighted by Crippen LogP contribution is -2.49. The molecule has 3 amide bonds. The minimum atomic E-state index is -1.00. The molecule has 28 heavy (non-hydrogen) atoms. The molecule has 0 saturated carbocycles. The molecule has 0 spiro atoms. The second kappa shape index (κ2) is 10.4. The fraction of sp³-hybridized carbons (Fsp3) is 0.150. The molecular weight excluding hydrogens is 360 g/mol. The summed E-state index contributed by atoms with van der Waals surface area (Å²) >= 11 is 0. The minimum Gasteiger partial charge on any atom is -0.445 e. The van der Waals surface area contributed by atoms with E-state index in [4.69, 9.17) is 16.2 Å². The van der Waals surface area contributed by atoms with E-state index in [9.17, 15) is 14.4 Å². The van der Waals surface area contributed by atoms with E-state index in [1.807, 2.05) is 60.7 Å². The molecule has 0 bridgehead atoms. The molecule has 0 fully saturated rings. The van der Waals surface area contributed by atoms with E-state index >= 15 is 0 Å². The third-order valence-corrected chi connectivity index (χ3v) is 3.79. The molecule has 0 radical (unpaired) electrons. The molecule has 146 valence electrons. The van der Waals surface area contributed by atoms with Gasteiger partial charge in [-0.2, -0.15) is 0 Å². The van der Waals surface area contributed by atoms with Crippen molar-refractivity contribution in [2.45, 2.75) is 19.1 Å². The maximum Gasteiger partial charge on any atom is 0.408 e. The first-order valence-corrected chi connectivity index (χ1v) is 8.53. The number of alkyl carbamates (subject to hydrolysis) is 1. The molecule has 0 aliphatic heterocycles. The van der Waals surface area contributed by atoms with Crippen molar-refractivity contribution in [3.8, 4) is 0 Å². The predicted molar refractivity (Wildman–Crippen MR) is 103 cm³/mol. The zero-order chi connectivity index (χ0) is 20.4. The van der Waals surface area contributed by atoms with Crippen LogP contribution in [0.25, 0.3) is 0 Å². The number of primary amides is 1. The highest BCUT2D eigenvalue weighted by Crippen LogP contribution is 2.06. The number of hydrogen-bond acceptors (Lipinski definition) is 5. The summed E-state index contributed by atoms with van der Waals surface area (Å²) in [6.45, 7) is 0.0571. The van der Waals surface area contributed by atoms with Crippen molar-refractivity contribution in [3.05, 3.63) is 83.7 Å². The van der Waals surface area contributed by atoms with Gasteiger partial charge in [-0.3, -0.25) is 9.59 Å². The summed E-state index contributed by atoms with van der Waals surface area (Å²) in [7, 11) is 0. The topological polar surface area (TPSA) is 137 Å². The van der Waals surface area contributed by atoms with Gasteiger partial charge in [-0.1, -0.05) is 60.7 Å². The Morgan fingerprint density at radius 3 is 2.07 bits per heavy atom. The van der Waals surface area contributed by atoms with Crippen LogP contribution in [0.2, 0.25) is 0 Å². The molecule has 0 saturated heterocycles. The summed E-state index contributed by atoms with van der Waals surface area (Å²) in [5, 5.41) is 4.83. The number of hydrogen-bond donors (Lipinski definition) is 4. The van der Waals surface area contributed by atoms with Gasteiger partial charge in [0.2, 0.25) is 5.91 Å². The van der Waals surface area contributed by atoms with E-state index in [1.54, 1.807) is 0 Å². The number of carbonyl (C=O) groups excluding carboxylic acids is 3. The van der Waals surface area contributed by atoms with E-state index in [-0.39, 0.29) is 18.7 Å². The molecular formula is C20H22N4O4. The summed E-state index contributed by atoms with van der Waals surface area (Å²) in [5.74, 6) is -1.53. The van der Waals surface area contributed by atoms with Crippen molar-refractivity contribution in [1.82, 2.24) is 10.6 Å². The fourth-order valence-corrected chi connectivity index (χ4v) is 2.37. The van der Waals surface area contributed by atoms with Gasteiger partial charge in [-0.15, -0.1) is 0 Å². The molecule has 8 nitrogen and oxygen atoms in total. The highest BCUT2D eigenvalue weighted by atomic mass is 16.5. The van der Waals surface area contributed by atoms with Gasteiger partial charge >= 0.3 is 6.09 Å². The predicted octanol–water partition coefficient (Wildman–Crippen LogP) is 0.926. The first-order chi connectivity index (χ1) is 13.5. The van der Waals surface area contributed by atoms with Crippen LogP contribution < -0.4 is 22.1 Å². The van der Waals surface area contributed by atoms with E-state index in [0.717, 1.165) is 17.3 Å². The van der Waals surface area contributed by atoms with Crippen molar-refractivity contribution in [1.29, 1.82) is 0 Å². The molecule has 2 rings (SSSR count). The Hall–Kier alpha value is -3.81. The van der Waals surface area contributed by atoms with Crippen LogP contribution in [0.3, 0.4) is 0 Å². The van der Waals surface area contributed by atoms with E-state index < -0.39 is 23.9 Å². The maximum absolute atomic E-state index is 12.5. The second-order valence-electron chi connectivity index (χ2n) is 5.88. The van der Waals surface area contributed by atoms with Crippen LogP contribution in [0.5, 0.6) is 0 Å². The zero-order valence-electron chi connectivity index (χ0n) is 15.1. The largest absolute Gasteiger partial charge is 0.445 e. The lowest BCUT2D eigenvalue weighted by atomic mass is 10.1. The van der Waals surface area contributed by atoms with Gasteiger partial charge in [0.1, 0.15) is 18.3 Å². The van der Waals surface area contributed by atoms with E-state index in [1.165, 1.54) is 0 Å². The Bertz CT molecular complexity index is 838. The highest BCUT2D eigenvalue weighted by Gasteiger charge is 2.23. The van der Waals surface area contributed by atoms with Gasteiger partial charge in [0.25, 0.3) is 5.91 Å². The standard InChI is InChI=1S/C20H22N4O4/c21-12-17(18(22)25)23-19(26)16(11-14-7-3-1-4-8-14)24-20(27)28-13-15-9-5-2-6-10-15/h1-10,12,16H,11,13,21H2,(H2,22,25)(H,23,26)(H,24,27)/b17-12+. The second-order valence-corrected chi connectivity index (χ2v) is 5.88. The van der Waals surface area contributed by atoms with Crippen molar-refractivity contribution < 1.29 is 19.1 Å². The molecule has 8 heteroatoms. The van der Waals surface area contributed by atoms with E-state index in [0.29, 0.717) is 0 Å². The van der Waals surface area contributed by atoms with Gasteiger partial charge in [0, 0.05) is 12.6 Å². The van der Waals surface area contributed by atoms with Crippen LogP contribution in [0.1, 0.15) is 11.1 Å². The molecule has 0 heterocycles. The Morgan fingerprint density at radius 2 is 1.54 bits per heavy atom. The van der Waals surface area contributed by atoms with Crippen molar-refractivity contribution in [2.24, 2.45) is 11.5 Å². The number of rotatable bonds is 8. The van der Waals surface area contributed by atoms with Gasteiger partial charge in [0.05, 0.1) is 0 Å². The Kier molecular flexibility index (Phi) is 7.59. The SMILES string of the molecule is N/C=C(/NC(=O)C(Cc1ccccc1)NC(=O)OCc1ccccc1)C(N)=O. The zero-order valence-corrected chi connectivity index (χ0v) is 15.1. The first-order valence-electron chi connectivity index (χ1n) is 8.53. The summed E-state index contributed by atoms with van der Waals surface area (Å²) in [6.07, 6.45) is 0.314. The summed E-state index contributed by atoms with van der Waals surface area (Å²) in [5.41, 5.74) is 11.8. The summed E-state index contributed by atoms with van der Waals surface area (Å²) < 4.78 is 5.16. The third kappa shape index (κ3) is 6.49. The number of amides is 3. The average molecular weight is 382 g/mol. The normalized spacial score (nSPS) is 11.9. The molecule has 2 aromatic rings. The van der Waals surface area contributed by atoms with Gasteiger partial charge in [-0.25, -0.2) is 4.79 Å². The van der Waals surface area contributed by atoms with Crippen LogP contribution in [-0.4, -0.2) is 23.9 Å². The molecule has 2 aromatic carbocycles. The van der Waals surface area contributed by atoms with Gasteiger partial charge in [0.15, 0.2) is 0 Å². The first kappa shape index (κ1) is 20.5. The third-order valence-electron chi connectivity index (χ3n) is 3.79. The van der Waals surface area contributed by atoms with Crippen LogP contribution in [0, 0.1) is 0 Å². The molecule has 1 atom stereocenters. The molecule has 0 aromatic heterocycles. The van der Waals surface area contributed by atoms with Crippen LogP contribution >= 0.6 is 0 Å². The smallest absolute Gasteiger partial charge is 0.408 e. The average Bonchev–Trinajstić information content (AvgIpc) is 2.71. The number of carbonyl (C=O) groups is 3. The molecule has 0 aliphatic rings. The Morgan fingerprint density at radius 1 is 0.964 bits per heavy atom. The number of benzene rings is 2. The van der Waals surface area contributed by atoms with Crippen molar-refractivity contribution >= 4 is 17.9 Å². The monoisotopic (exact) mass is 382 g/mol. The molecule has 1 unspecified atom stereocenters. The summed E-state index contributed by atoms with van der Waals surface area (Å²) in [6, 6.07) is 17.2. The maximum atomic E-state index is 12.5. The van der Waals surface area contributed by atoms with E-state index in [2.05, 4.69) is 10.6 Å². The Balaban J connectivity index is 2.05. The minimum absolute atomic E-state index is 0.0571. The quantitative estimate of drug-likeness (QED) is 0.503. The number of ether oxygens (including phenoxy) is 1. The van der Waals surface area contributed by atoms with Crippen LogP contribution in [0.4, 0.5) is 4.79 Å². The molecule has 0 aliphatic carbocycles. The lowest BCUT2D eigenvalue weighted by molar-refractivity contribution is -0.124. The van der Waals surface area contributed by atoms with Gasteiger partial charge in [-0.05, 0) is 11.1 Å². The van der Waals surface area contributed by atoms with Gasteiger partial charge < -0.3 is 26.8 Å². The molecule has 6 N–H and O–H groups in total. The van der Waals surface area contributed by atoms with Crippen molar-refractivity contribution in [2.75, 3.05) is 0 Å². The lowest BCUT2D eigenvalue weighted by Gasteiger charge is -2.19. The number of nitrogens with one attached hydrogen (secondary N) is 2. The van der Waals surface area contributed by atoms with Crippen LogP contribution in [-0.2, 0) is 27.4 Å². The van der Waals surface area contributed by atoms with Crippen molar-refractivity contribution in [3.63, 3.8) is 0 Å². The van der Waals surface area contributed by atoms with Crippen LogP contribution in [0.15, 0.2) is 72.6 Å². The fourth-order valence-electron chi connectivity index (χ4n) is 2.37. The Labute approximate surface area is 162 Å². The highest BCUT2D eigenvalue weighted by molar-refractivity contribution is 5.98. The summed E-state index contributed by atoms with van der Waals surface area (Å²) in [4.78, 5) is 36.0.